The van der Waals surface area contributed by atoms with Crippen LogP contribution in [0.25, 0.3) is 0 Å². The molecule has 1 saturated heterocycles. The molecule has 0 amide bonds. The first-order chi connectivity index (χ1) is 4.70. The molecule has 1 aliphatic rings. The first-order valence-electron chi connectivity index (χ1n) is 3.43. The zero-order chi connectivity index (χ0) is 8.15. The summed E-state index contributed by atoms with van der Waals surface area (Å²) in [5.41, 5.74) is 5.29. The van der Waals surface area contributed by atoms with Crippen molar-refractivity contribution in [3.8, 4) is 0 Å². The van der Waals surface area contributed by atoms with Gasteiger partial charge in [0.05, 0.1) is 13.3 Å². The summed E-state index contributed by atoms with van der Waals surface area (Å²) in [6.07, 6.45) is 0. The Balaban J connectivity index is 0.000000371. The second-order valence-electron chi connectivity index (χ2n) is 2.02. The van der Waals surface area contributed by atoms with Crippen molar-refractivity contribution in [3.05, 3.63) is 0 Å². The minimum Gasteiger partial charge on any atom is -0.376 e. The molecule has 0 bridgehead atoms. The van der Waals surface area contributed by atoms with Crippen molar-refractivity contribution in [1.29, 1.82) is 0 Å². The maximum Gasteiger partial charge on any atom is 0.168 e. The molecule has 1 heterocycles. The van der Waals surface area contributed by atoms with E-state index < -0.39 is 0 Å². The summed E-state index contributed by atoms with van der Waals surface area (Å²) in [5, 5.41) is 0.503. The Hall–Kier alpha value is -0.350. The van der Waals surface area contributed by atoms with Gasteiger partial charge in [0.15, 0.2) is 5.11 Å². The van der Waals surface area contributed by atoms with Gasteiger partial charge >= 0.3 is 0 Å². The van der Waals surface area contributed by atoms with Gasteiger partial charge in [-0.2, -0.15) is 0 Å². The summed E-state index contributed by atoms with van der Waals surface area (Å²) in [7, 11) is 2.02. The maximum atomic E-state index is 5.29. The zero-order valence-corrected chi connectivity index (χ0v) is 7.61. The van der Waals surface area contributed by atoms with E-state index in [-0.39, 0.29) is 0 Å². The van der Waals surface area contributed by atoms with Crippen LogP contribution in [0.5, 0.6) is 0 Å². The molecule has 0 aromatic carbocycles. The largest absolute Gasteiger partial charge is 0.376 e. The Morgan fingerprint density at radius 1 is 1.40 bits per heavy atom. The van der Waals surface area contributed by atoms with Crippen molar-refractivity contribution in [2.24, 2.45) is 5.73 Å². The quantitative estimate of drug-likeness (QED) is 0.522. The molecular weight excluding hydrogens is 146 g/mol. The van der Waals surface area contributed by atoms with E-state index in [0.717, 1.165) is 13.3 Å². The normalized spacial score (nSPS) is 16.9. The molecule has 0 atom stereocenters. The third kappa shape index (κ3) is 2.49. The number of thiocarbonyl (C=S) groups is 1. The summed E-state index contributed by atoms with van der Waals surface area (Å²) in [6.45, 7) is 5.77. The summed E-state index contributed by atoms with van der Waals surface area (Å²) in [6, 6.07) is 0. The molecule has 4 heteroatoms. The second kappa shape index (κ2) is 4.46. The highest BCUT2D eigenvalue weighted by Gasteiger charge is 2.19. The van der Waals surface area contributed by atoms with Gasteiger partial charge in [0.1, 0.15) is 0 Å². The fraction of sp³-hybridized carbons (Fsp3) is 0.833. The monoisotopic (exact) mass is 161 g/mol. The van der Waals surface area contributed by atoms with Gasteiger partial charge in [0, 0.05) is 0 Å². The lowest BCUT2D eigenvalue weighted by Gasteiger charge is -2.40. The zero-order valence-electron chi connectivity index (χ0n) is 6.79. The van der Waals surface area contributed by atoms with E-state index in [1.807, 2.05) is 25.8 Å². The van der Waals surface area contributed by atoms with Crippen LogP contribution in [-0.4, -0.2) is 35.3 Å². The first kappa shape index (κ1) is 9.65. The Labute approximate surface area is 67.8 Å². The molecule has 0 radical (unpaired) electrons. The van der Waals surface area contributed by atoms with E-state index in [0.29, 0.717) is 5.11 Å². The maximum absolute atomic E-state index is 5.29. The predicted molar refractivity (Wildman–Crippen MR) is 47.5 cm³/mol. The lowest BCUT2D eigenvalue weighted by Crippen LogP contribution is -2.57. The third-order valence-corrected chi connectivity index (χ3v) is 1.39. The van der Waals surface area contributed by atoms with Crippen LogP contribution >= 0.6 is 12.2 Å². The third-order valence-electron chi connectivity index (χ3n) is 1.14. The van der Waals surface area contributed by atoms with Gasteiger partial charge in [-0.3, -0.25) is 4.90 Å². The number of rotatable bonds is 0. The molecular formula is C6H15N3S. The molecule has 2 N–H and O–H groups in total. The van der Waals surface area contributed by atoms with Crippen molar-refractivity contribution in [3.63, 3.8) is 0 Å². The van der Waals surface area contributed by atoms with Crippen LogP contribution in [0.2, 0.25) is 0 Å². The summed E-state index contributed by atoms with van der Waals surface area (Å²) in [5.74, 6) is 0. The van der Waals surface area contributed by atoms with Crippen molar-refractivity contribution in [2.75, 3.05) is 20.4 Å². The van der Waals surface area contributed by atoms with E-state index >= 15 is 0 Å². The Bertz CT molecular complexity index is 110. The first-order valence-corrected chi connectivity index (χ1v) is 3.84. The summed E-state index contributed by atoms with van der Waals surface area (Å²) >= 11 is 4.70. The molecule has 1 fully saturated rings. The van der Waals surface area contributed by atoms with E-state index in [2.05, 4.69) is 4.90 Å². The van der Waals surface area contributed by atoms with Crippen LogP contribution in [0.1, 0.15) is 13.8 Å². The van der Waals surface area contributed by atoms with Crippen molar-refractivity contribution < 1.29 is 0 Å². The number of hydrogen-bond acceptors (Lipinski definition) is 2. The molecule has 0 aliphatic carbocycles. The Kier molecular flexibility index (Phi) is 4.31. The average Bonchev–Trinajstić information content (AvgIpc) is 1.86. The van der Waals surface area contributed by atoms with Gasteiger partial charge in [-0.1, -0.05) is 13.8 Å². The minimum absolute atomic E-state index is 0.503. The second-order valence-corrected chi connectivity index (χ2v) is 2.44. The summed E-state index contributed by atoms with van der Waals surface area (Å²) < 4.78 is 0. The minimum atomic E-state index is 0.503. The standard InChI is InChI=1S/C4H9N3S.C2H6/c1-6-2-7(3-6)4(5)8;1-2/h2-3H2,1H3,(H2,5,8);1-2H3. The van der Waals surface area contributed by atoms with Gasteiger partial charge in [0.25, 0.3) is 0 Å². The lowest BCUT2D eigenvalue weighted by molar-refractivity contribution is 0.0560. The SMILES string of the molecule is CC.CN1CN(C(N)=S)C1. The number of hydrogen-bond donors (Lipinski definition) is 1. The highest BCUT2D eigenvalue weighted by molar-refractivity contribution is 7.80. The van der Waals surface area contributed by atoms with Gasteiger partial charge in [0.2, 0.25) is 0 Å². The van der Waals surface area contributed by atoms with E-state index in [1.54, 1.807) is 0 Å². The fourth-order valence-electron chi connectivity index (χ4n) is 0.681. The van der Waals surface area contributed by atoms with Crippen LogP contribution in [0.15, 0.2) is 0 Å². The topological polar surface area (TPSA) is 32.5 Å². The molecule has 0 saturated carbocycles. The molecule has 1 aliphatic heterocycles. The smallest absolute Gasteiger partial charge is 0.168 e. The molecule has 1 rings (SSSR count). The highest BCUT2D eigenvalue weighted by atomic mass is 32.1. The van der Waals surface area contributed by atoms with Crippen molar-refractivity contribution in [2.45, 2.75) is 13.8 Å². The van der Waals surface area contributed by atoms with Crippen molar-refractivity contribution in [1.82, 2.24) is 9.80 Å². The van der Waals surface area contributed by atoms with E-state index in [4.69, 9.17) is 18.0 Å². The summed E-state index contributed by atoms with van der Waals surface area (Å²) in [4.78, 5) is 4.05. The number of nitrogens with zero attached hydrogens (tertiary/aromatic N) is 2. The van der Waals surface area contributed by atoms with Crippen LogP contribution in [-0.2, 0) is 0 Å². The van der Waals surface area contributed by atoms with Crippen molar-refractivity contribution >= 4 is 17.3 Å². The number of nitrogens with two attached hydrogens (primary N) is 1. The molecule has 3 nitrogen and oxygen atoms in total. The Morgan fingerprint density at radius 3 is 1.90 bits per heavy atom. The van der Waals surface area contributed by atoms with Gasteiger partial charge < -0.3 is 10.6 Å². The highest BCUT2D eigenvalue weighted by Crippen LogP contribution is 2.02. The average molecular weight is 161 g/mol. The lowest BCUT2D eigenvalue weighted by atomic mass is 10.5. The molecule has 0 aromatic heterocycles. The molecule has 60 valence electrons. The predicted octanol–water partition coefficient (Wildman–Crippen LogP) is 0.419. The molecule has 0 spiro atoms. The van der Waals surface area contributed by atoms with Crippen LogP contribution in [0, 0.1) is 0 Å². The van der Waals surface area contributed by atoms with E-state index in [9.17, 15) is 0 Å². The molecule has 0 unspecified atom stereocenters. The van der Waals surface area contributed by atoms with Gasteiger partial charge in [-0.25, -0.2) is 0 Å². The fourth-order valence-corrected chi connectivity index (χ4v) is 0.796. The molecule has 10 heavy (non-hydrogen) atoms. The van der Waals surface area contributed by atoms with Crippen LogP contribution in [0.3, 0.4) is 0 Å². The Morgan fingerprint density at radius 2 is 1.80 bits per heavy atom. The molecule has 0 aromatic rings. The van der Waals surface area contributed by atoms with Gasteiger partial charge in [-0.15, -0.1) is 0 Å². The van der Waals surface area contributed by atoms with E-state index in [1.165, 1.54) is 0 Å². The van der Waals surface area contributed by atoms with Crippen LogP contribution in [0.4, 0.5) is 0 Å². The van der Waals surface area contributed by atoms with Crippen LogP contribution < -0.4 is 5.73 Å². The van der Waals surface area contributed by atoms with Gasteiger partial charge in [-0.05, 0) is 19.3 Å².